The zero-order chi connectivity index (χ0) is 19.7. The van der Waals surface area contributed by atoms with Crippen molar-refractivity contribution in [3.63, 3.8) is 0 Å². The number of cyclic esters (lactones) is 1. The standard InChI is InChI=1S/C20H24N4O4/c1-20(2)11-15(19(26)27-20)10-16(25)24-8-5-13(6-9-24)17-22-18(28-23-17)14-4-3-7-21-12-14/h3-4,7,12-13,15H,5-6,8-11H2,1-2H3. The molecule has 2 fully saturated rings. The molecule has 0 radical (unpaired) electrons. The van der Waals surface area contributed by atoms with E-state index < -0.39 is 5.60 Å². The van der Waals surface area contributed by atoms with Crippen molar-refractivity contribution in [3.05, 3.63) is 30.4 Å². The van der Waals surface area contributed by atoms with Crippen molar-refractivity contribution in [1.29, 1.82) is 0 Å². The molecule has 0 N–H and O–H groups in total. The van der Waals surface area contributed by atoms with E-state index in [1.807, 2.05) is 30.9 Å². The van der Waals surface area contributed by atoms with Gasteiger partial charge in [-0.05, 0) is 38.8 Å². The molecule has 2 saturated heterocycles. The summed E-state index contributed by atoms with van der Waals surface area (Å²) in [5, 5.41) is 4.12. The molecule has 2 aliphatic heterocycles. The second-order valence-electron chi connectivity index (χ2n) is 8.14. The van der Waals surface area contributed by atoms with E-state index in [0.717, 1.165) is 18.4 Å². The van der Waals surface area contributed by atoms with Crippen LogP contribution in [-0.4, -0.2) is 50.6 Å². The largest absolute Gasteiger partial charge is 0.459 e. The summed E-state index contributed by atoms with van der Waals surface area (Å²) in [7, 11) is 0. The molecule has 148 valence electrons. The van der Waals surface area contributed by atoms with Gasteiger partial charge >= 0.3 is 5.97 Å². The van der Waals surface area contributed by atoms with Gasteiger partial charge in [0.25, 0.3) is 5.89 Å². The Kier molecular flexibility index (Phi) is 4.87. The van der Waals surface area contributed by atoms with Crippen LogP contribution in [0, 0.1) is 5.92 Å². The molecule has 28 heavy (non-hydrogen) atoms. The molecule has 0 bridgehead atoms. The molecule has 1 unspecified atom stereocenters. The summed E-state index contributed by atoms with van der Waals surface area (Å²) in [6.07, 6.45) is 5.75. The average molecular weight is 384 g/mol. The van der Waals surface area contributed by atoms with E-state index in [1.54, 1.807) is 12.4 Å². The highest BCUT2D eigenvalue weighted by Gasteiger charge is 2.41. The minimum atomic E-state index is -0.473. The number of rotatable bonds is 4. The van der Waals surface area contributed by atoms with E-state index in [4.69, 9.17) is 9.26 Å². The number of hydrogen-bond acceptors (Lipinski definition) is 7. The third-order valence-electron chi connectivity index (χ3n) is 5.43. The summed E-state index contributed by atoms with van der Waals surface area (Å²) in [5.74, 6) is 0.717. The predicted molar refractivity (Wildman–Crippen MR) is 99.0 cm³/mol. The van der Waals surface area contributed by atoms with Crippen LogP contribution in [0.2, 0.25) is 0 Å². The monoisotopic (exact) mass is 384 g/mol. The minimum absolute atomic E-state index is 0.0160. The maximum Gasteiger partial charge on any atom is 0.310 e. The quantitative estimate of drug-likeness (QED) is 0.747. The summed E-state index contributed by atoms with van der Waals surface area (Å²) >= 11 is 0. The van der Waals surface area contributed by atoms with Gasteiger partial charge in [0, 0.05) is 44.2 Å². The van der Waals surface area contributed by atoms with Crippen LogP contribution in [0.25, 0.3) is 11.5 Å². The molecule has 0 spiro atoms. The molecule has 2 aromatic rings. The number of carbonyl (C=O) groups is 2. The maximum absolute atomic E-state index is 12.6. The average Bonchev–Trinajstić information content (AvgIpc) is 3.27. The number of hydrogen-bond donors (Lipinski definition) is 0. The zero-order valence-electron chi connectivity index (χ0n) is 16.1. The highest BCUT2D eigenvalue weighted by atomic mass is 16.6. The number of nitrogens with zero attached hydrogens (tertiary/aromatic N) is 4. The van der Waals surface area contributed by atoms with Crippen LogP contribution >= 0.6 is 0 Å². The lowest BCUT2D eigenvalue weighted by molar-refractivity contribution is -0.150. The topological polar surface area (TPSA) is 98.4 Å². The highest BCUT2D eigenvalue weighted by Crippen LogP contribution is 2.34. The first-order chi connectivity index (χ1) is 13.4. The van der Waals surface area contributed by atoms with Gasteiger partial charge in [0.1, 0.15) is 5.60 Å². The number of ether oxygens (including phenoxy) is 1. The van der Waals surface area contributed by atoms with E-state index in [0.29, 0.717) is 31.2 Å². The fraction of sp³-hybridized carbons (Fsp3) is 0.550. The summed E-state index contributed by atoms with van der Waals surface area (Å²) < 4.78 is 10.7. The summed E-state index contributed by atoms with van der Waals surface area (Å²) in [5.41, 5.74) is 0.319. The van der Waals surface area contributed by atoms with Crippen molar-refractivity contribution in [3.8, 4) is 11.5 Å². The summed E-state index contributed by atoms with van der Waals surface area (Å²) in [6.45, 7) is 5.02. The lowest BCUT2D eigenvalue weighted by Crippen LogP contribution is -2.39. The smallest absolute Gasteiger partial charge is 0.310 e. The maximum atomic E-state index is 12.6. The van der Waals surface area contributed by atoms with Gasteiger partial charge in [0.2, 0.25) is 5.91 Å². The Balaban J connectivity index is 1.32. The minimum Gasteiger partial charge on any atom is -0.459 e. The van der Waals surface area contributed by atoms with E-state index in [9.17, 15) is 9.59 Å². The number of pyridine rings is 1. The lowest BCUT2D eigenvalue weighted by atomic mass is 9.92. The van der Waals surface area contributed by atoms with Gasteiger partial charge in [0.05, 0.1) is 11.5 Å². The molecule has 4 heterocycles. The van der Waals surface area contributed by atoms with Gasteiger partial charge in [-0.3, -0.25) is 14.6 Å². The molecule has 2 aromatic heterocycles. The number of esters is 1. The van der Waals surface area contributed by atoms with Crippen LogP contribution in [0.3, 0.4) is 0 Å². The first kappa shape index (κ1) is 18.6. The van der Waals surface area contributed by atoms with Crippen LogP contribution in [0.15, 0.2) is 29.0 Å². The van der Waals surface area contributed by atoms with Crippen LogP contribution in [0.1, 0.15) is 51.3 Å². The van der Waals surface area contributed by atoms with Gasteiger partial charge in [-0.1, -0.05) is 5.16 Å². The molecular weight excluding hydrogens is 360 g/mol. The highest BCUT2D eigenvalue weighted by molar-refractivity contribution is 5.84. The fourth-order valence-corrected chi connectivity index (χ4v) is 3.96. The lowest BCUT2D eigenvalue weighted by Gasteiger charge is -2.31. The van der Waals surface area contributed by atoms with E-state index >= 15 is 0 Å². The Morgan fingerprint density at radius 3 is 2.75 bits per heavy atom. The molecule has 1 atom stereocenters. The van der Waals surface area contributed by atoms with Gasteiger partial charge in [-0.2, -0.15) is 4.98 Å². The number of carbonyl (C=O) groups excluding carboxylic acids is 2. The van der Waals surface area contributed by atoms with E-state index in [2.05, 4.69) is 15.1 Å². The number of piperidine rings is 1. The number of likely N-dealkylation sites (tertiary alicyclic amines) is 1. The number of aromatic nitrogens is 3. The first-order valence-corrected chi connectivity index (χ1v) is 9.66. The molecule has 4 rings (SSSR count). The Morgan fingerprint density at radius 2 is 2.11 bits per heavy atom. The molecule has 8 heteroatoms. The van der Waals surface area contributed by atoms with Gasteiger partial charge < -0.3 is 14.2 Å². The summed E-state index contributed by atoms with van der Waals surface area (Å²) in [4.78, 5) is 34.9. The third kappa shape index (κ3) is 3.90. The SMILES string of the molecule is CC1(C)CC(CC(=O)N2CCC(c3noc(-c4cccnc4)n3)CC2)C(=O)O1. The second kappa shape index (κ2) is 7.33. The predicted octanol–water partition coefficient (Wildman–Crippen LogP) is 2.57. The van der Waals surface area contributed by atoms with E-state index in [1.165, 1.54) is 0 Å². The van der Waals surface area contributed by atoms with Crippen molar-refractivity contribution in [2.24, 2.45) is 5.92 Å². The Morgan fingerprint density at radius 1 is 1.32 bits per heavy atom. The van der Waals surface area contributed by atoms with Crippen LogP contribution in [0.4, 0.5) is 0 Å². The van der Waals surface area contributed by atoms with Crippen LogP contribution in [-0.2, 0) is 14.3 Å². The van der Waals surface area contributed by atoms with Crippen molar-refractivity contribution < 1.29 is 18.8 Å². The van der Waals surface area contributed by atoms with Crippen molar-refractivity contribution in [1.82, 2.24) is 20.0 Å². The molecular formula is C20H24N4O4. The normalized spacial score (nSPS) is 22.3. The molecule has 0 saturated carbocycles. The Hall–Kier alpha value is -2.77. The molecule has 0 aromatic carbocycles. The van der Waals surface area contributed by atoms with Crippen molar-refractivity contribution in [2.75, 3.05) is 13.1 Å². The number of amides is 1. The van der Waals surface area contributed by atoms with Crippen LogP contribution < -0.4 is 0 Å². The fourth-order valence-electron chi connectivity index (χ4n) is 3.96. The zero-order valence-corrected chi connectivity index (χ0v) is 16.1. The molecule has 2 aliphatic rings. The first-order valence-electron chi connectivity index (χ1n) is 9.66. The molecule has 1 amide bonds. The second-order valence-corrected chi connectivity index (χ2v) is 8.14. The molecule has 0 aliphatic carbocycles. The molecule has 8 nitrogen and oxygen atoms in total. The van der Waals surface area contributed by atoms with Crippen molar-refractivity contribution in [2.45, 2.75) is 51.0 Å². The van der Waals surface area contributed by atoms with Gasteiger partial charge in [0.15, 0.2) is 5.82 Å². The summed E-state index contributed by atoms with van der Waals surface area (Å²) in [6, 6.07) is 3.70. The van der Waals surface area contributed by atoms with E-state index in [-0.39, 0.29) is 30.1 Å². The van der Waals surface area contributed by atoms with Gasteiger partial charge in [-0.15, -0.1) is 0 Å². The Labute approximate surface area is 163 Å². The van der Waals surface area contributed by atoms with Gasteiger partial charge in [-0.25, -0.2) is 0 Å². The Bertz CT molecular complexity index is 856. The van der Waals surface area contributed by atoms with Crippen molar-refractivity contribution >= 4 is 11.9 Å². The van der Waals surface area contributed by atoms with Crippen LogP contribution in [0.5, 0.6) is 0 Å². The third-order valence-corrected chi connectivity index (χ3v) is 5.43.